The molecular weight excluding hydrogens is 588 g/mol. The average molecular weight is 629 g/mol. The second-order valence-corrected chi connectivity index (χ2v) is 12.7. The Hall–Kier alpha value is -4.72. The van der Waals surface area contributed by atoms with Crippen LogP contribution in [0.4, 0.5) is 17.1 Å². The quantitative estimate of drug-likeness (QED) is 0.129. The van der Waals surface area contributed by atoms with Gasteiger partial charge in [-0.2, -0.15) is 0 Å². The first-order chi connectivity index (χ1) is 23.0. The zero-order valence-electron chi connectivity index (χ0n) is 26.6. The fourth-order valence-corrected chi connectivity index (χ4v) is 7.62. The van der Waals surface area contributed by atoms with E-state index in [1.165, 1.54) is 16.0 Å². The van der Waals surface area contributed by atoms with Crippen LogP contribution >= 0.6 is 0 Å². The SMILES string of the molecule is CCCC1=C2[C@@H](CC/C(=C/c3ccc(CO)o3)c3ccccc3)OC[C@@H]2[C@@H]2C(=O)N(c3ccc(Nc4ccccc4)cc3)C(=O)[C@@H]2C1. The molecule has 3 heterocycles. The van der Waals surface area contributed by atoms with E-state index in [0.717, 1.165) is 48.2 Å². The molecule has 2 N–H and O–H groups in total. The first-order valence-corrected chi connectivity index (χ1v) is 16.6. The molecule has 2 fully saturated rings. The molecule has 1 aliphatic carbocycles. The smallest absolute Gasteiger partial charge is 0.238 e. The zero-order chi connectivity index (χ0) is 32.3. The van der Waals surface area contributed by atoms with Crippen molar-refractivity contribution in [2.24, 2.45) is 17.8 Å². The van der Waals surface area contributed by atoms with Crippen LogP contribution in [0.25, 0.3) is 11.6 Å². The molecule has 0 radical (unpaired) electrons. The maximum Gasteiger partial charge on any atom is 0.238 e. The summed E-state index contributed by atoms with van der Waals surface area (Å²) in [5, 5.41) is 12.8. The van der Waals surface area contributed by atoms with Gasteiger partial charge in [-0.3, -0.25) is 14.5 Å². The number of imide groups is 1. The largest absolute Gasteiger partial charge is 0.459 e. The van der Waals surface area contributed by atoms with Crippen LogP contribution in [0.3, 0.4) is 0 Å². The molecule has 2 saturated heterocycles. The van der Waals surface area contributed by atoms with Gasteiger partial charge in [0.05, 0.1) is 30.2 Å². The van der Waals surface area contributed by atoms with Gasteiger partial charge in [0, 0.05) is 17.3 Å². The molecule has 7 heteroatoms. The Morgan fingerprint density at radius 1 is 0.894 bits per heavy atom. The predicted octanol–water partition coefficient (Wildman–Crippen LogP) is 8.16. The van der Waals surface area contributed by atoms with Crippen molar-refractivity contribution in [2.75, 3.05) is 16.8 Å². The lowest BCUT2D eigenvalue weighted by Crippen LogP contribution is -2.34. The topological polar surface area (TPSA) is 92.0 Å². The molecular formula is C40H40N2O5. The number of furan rings is 1. The Morgan fingerprint density at radius 3 is 2.32 bits per heavy atom. The minimum atomic E-state index is -0.408. The van der Waals surface area contributed by atoms with E-state index in [2.05, 4.69) is 24.4 Å². The van der Waals surface area contributed by atoms with Crippen molar-refractivity contribution in [1.29, 1.82) is 0 Å². The highest BCUT2D eigenvalue weighted by molar-refractivity contribution is 6.22. The van der Waals surface area contributed by atoms with Gasteiger partial charge >= 0.3 is 0 Å². The van der Waals surface area contributed by atoms with Crippen molar-refractivity contribution in [3.8, 4) is 0 Å². The van der Waals surface area contributed by atoms with Gasteiger partial charge in [0.2, 0.25) is 11.8 Å². The molecule has 240 valence electrons. The Morgan fingerprint density at radius 2 is 1.62 bits per heavy atom. The van der Waals surface area contributed by atoms with E-state index in [1.54, 1.807) is 6.07 Å². The number of hydrogen-bond donors (Lipinski definition) is 2. The molecule has 1 aromatic heterocycles. The molecule has 3 aromatic carbocycles. The number of anilines is 3. The van der Waals surface area contributed by atoms with Gasteiger partial charge in [-0.05, 0) is 97.0 Å². The molecule has 7 rings (SSSR count). The molecule has 0 unspecified atom stereocenters. The molecule has 2 amide bonds. The van der Waals surface area contributed by atoms with Crippen LogP contribution in [-0.4, -0.2) is 29.6 Å². The number of ether oxygens (including phenoxy) is 1. The van der Waals surface area contributed by atoms with Crippen molar-refractivity contribution < 1.29 is 23.8 Å². The average Bonchev–Trinajstić information content (AvgIpc) is 3.81. The van der Waals surface area contributed by atoms with Crippen LogP contribution in [0.5, 0.6) is 0 Å². The number of rotatable bonds is 11. The fourth-order valence-electron chi connectivity index (χ4n) is 7.62. The standard InChI is InChI=1S/C40H40N2O5/c1-2-9-28-23-34-38(40(45)42(39(34)44)31-17-15-30(16-18-31)41-29-12-7-4-8-13-29)35-25-46-36(37(28)35)21-14-27(26-10-5-3-6-11-26)22-32-19-20-33(24-43)47-32/h3-8,10-13,15-20,22,34-36,38,41,43H,2,9,14,21,23-25H2,1H3/b27-22-/t34-,35+,36-,38-/m1/s1. The summed E-state index contributed by atoms with van der Waals surface area (Å²) < 4.78 is 12.3. The number of benzene rings is 3. The molecule has 7 nitrogen and oxygen atoms in total. The lowest BCUT2D eigenvalue weighted by molar-refractivity contribution is -0.122. The first kappa shape index (κ1) is 30.9. The molecule has 0 bridgehead atoms. The van der Waals surface area contributed by atoms with Crippen LogP contribution in [-0.2, 0) is 20.9 Å². The predicted molar refractivity (Wildman–Crippen MR) is 184 cm³/mol. The number of amides is 2. The monoisotopic (exact) mass is 628 g/mol. The van der Waals surface area contributed by atoms with E-state index < -0.39 is 5.92 Å². The number of allylic oxidation sites excluding steroid dienone is 2. The first-order valence-electron chi connectivity index (χ1n) is 16.6. The molecule has 4 aromatic rings. The highest BCUT2D eigenvalue weighted by atomic mass is 16.5. The summed E-state index contributed by atoms with van der Waals surface area (Å²) in [6.45, 7) is 2.47. The van der Waals surface area contributed by atoms with Gasteiger partial charge in [0.1, 0.15) is 18.1 Å². The summed E-state index contributed by atoms with van der Waals surface area (Å²) >= 11 is 0. The van der Waals surface area contributed by atoms with Crippen molar-refractivity contribution >= 4 is 40.5 Å². The van der Waals surface area contributed by atoms with Crippen molar-refractivity contribution in [2.45, 2.75) is 51.7 Å². The van der Waals surface area contributed by atoms with Crippen LogP contribution in [0.1, 0.15) is 56.1 Å². The molecule has 0 saturated carbocycles. The van der Waals surface area contributed by atoms with Gasteiger partial charge < -0.3 is 19.6 Å². The Labute approximate surface area is 275 Å². The minimum absolute atomic E-state index is 0.0953. The molecule has 4 atom stereocenters. The van der Waals surface area contributed by atoms with Gasteiger partial charge in [0.15, 0.2) is 0 Å². The van der Waals surface area contributed by atoms with Gasteiger partial charge in [0.25, 0.3) is 0 Å². The second kappa shape index (κ2) is 13.6. The number of aliphatic hydroxyl groups excluding tert-OH is 1. The molecule has 0 spiro atoms. The summed E-state index contributed by atoms with van der Waals surface area (Å²) in [4.78, 5) is 29.4. The van der Waals surface area contributed by atoms with E-state index in [-0.39, 0.29) is 36.4 Å². The molecule has 47 heavy (non-hydrogen) atoms. The molecule has 3 aliphatic rings. The van der Waals surface area contributed by atoms with Crippen LogP contribution in [0, 0.1) is 17.8 Å². The Kier molecular flexibility index (Phi) is 8.92. The number of para-hydroxylation sites is 1. The minimum Gasteiger partial charge on any atom is -0.459 e. The number of carbonyl (C=O) groups is 2. The van der Waals surface area contributed by atoms with E-state index in [4.69, 9.17) is 9.15 Å². The summed E-state index contributed by atoms with van der Waals surface area (Å²) in [6.07, 6.45) is 5.90. The lowest BCUT2D eigenvalue weighted by Gasteiger charge is -2.32. The van der Waals surface area contributed by atoms with Crippen molar-refractivity contribution in [3.05, 3.63) is 125 Å². The third-order valence-electron chi connectivity index (χ3n) is 9.72. The van der Waals surface area contributed by atoms with E-state index in [1.807, 2.05) is 84.9 Å². The number of fused-ring (bicyclic) bond motifs is 3. The van der Waals surface area contributed by atoms with E-state index >= 15 is 0 Å². The number of carbonyl (C=O) groups excluding carboxylic acids is 2. The third-order valence-corrected chi connectivity index (χ3v) is 9.72. The normalized spacial score (nSPS) is 22.5. The maximum absolute atomic E-state index is 14.1. The summed E-state index contributed by atoms with van der Waals surface area (Å²) in [5.74, 6) is 0.145. The maximum atomic E-state index is 14.1. The third kappa shape index (κ3) is 6.21. The van der Waals surface area contributed by atoms with E-state index in [0.29, 0.717) is 30.2 Å². The lowest BCUT2D eigenvalue weighted by atomic mass is 9.68. The zero-order valence-corrected chi connectivity index (χ0v) is 26.6. The van der Waals surface area contributed by atoms with Crippen molar-refractivity contribution in [1.82, 2.24) is 0 Å². The Balaban J connectivity index is 1.11. The summed E-state index contributed by atoms with van der Waals surface area (Å²) in [7, 11) is 0. The summed E-state index contributed by atoms with van der Waals surface area (Å²) in [6, 6.07) is 31.3. The fraction of sp³-hybridized carbons (Fsp3) is 0.300. The Bertz CT molecular complexity index is 1790. The van der Waals surface area contributed by atoms with Crippen LogP contribution < -0.4 is 10.2 Å². The van der Waals surface area contributed by atoms with Crippen LogP contribution in [0.15, 0.2) is 113 Å². The number of nitrogens with zero attached hydrogens (tertiary/aromatic N) is 1. The second-order valence-electron chi connectivity index (χ2n) is 12.7. The van der Waals surface area contributed by atoms with Gasteiger partial charge in [-0.25, -0.2) is 0 Å². The molecule has 2 aliphatic heterocycles. The van der Waals surface area contributed by atoms with E-state index in [9.17, 15) is 14.7 Å². The van der Waals surface area contributed by atoms with Crippen molar-refractivity contribution in [3.63, 3.8) is 0 Å². The van der Waals surface area contributed by atoms with Gasteiger partial charge in [-0.1, -0.05) is 67.4 Å². The number of nitrogens with one attached hydrogen (secondary N) is 1. The summed E-state index contributed by atoms with van der Waals surface area (Å²) in [5.41, 5.74) is 7.23. The van der Waals surface area contributed by atoms with Gasteiger partial charge in [-0.15, -0.1) is 0 Å². The highest BCUT2D eigenvalue weighted by Crippen LogP contribution is 2.51. The number of aliphatic hydroxyl groups is 1. The van der Waals surface area contributed by atoms with Crippen LogP contribution in [0.2, 0.25) is 0 Å². The number of hydrogen-bond acceptors (Lipinski definition) is 6. The highest BCUT2D eigenvalue weighted by Gasteiger charge is 2.57.